The SMILES string of the molecule is CCN(CC)CCN(C(=O)CCS(=O)(=O)c1ccc(Cl)cc1)c1nc2ccc(Cl)cc2s1. The monoisotopic (exact) mass is 513 g/mol. The van der Waals surface area contributed by atoms with Crippen LogP contribution in [0.2, 0.25) is 10.0 Å². The highest BCUT2D eigenvalue weighted by molar-refractivity contribution is 7.91. The lowest BCUT2D eigenvalue weighted by atomic mass is 10.3. The zero-order chi connectivity index (χ0) is 23.3. The molecular weight excluding hydrogens is 489 g/mol. The van der Waals surface area contributed by atoms with Gasteiger partial charge in [0.15, 0.2) is 15.0 Å². The molecule has 1 amide bonds. The first kappa shape index (κ1) is 24.9. The van der Waals surface area contributed by atoms with Gasteiger partial charge < -0.3 is 4.90 Å². The number of hydrogen-bond donors (Lipinski definition) is 0. The number of sulfone groups is 1. The Balaban J connectivity index is 1.81. The van der Waals surface area contributed by atoms with Crippen molar-refractivity contribution >= 4 is 65.6 Å². The molecule has 0 radical (unpaired) electrons. The van der Waals surface area contributed by atoms with Crippen molar-refractivity contribution in [2.75, 3.05) is 36.8 Å². The minimum absolute atomic E-state index is 0.139. The van der Waals surface area contributed by atoms with E-state index in [0.717, 1.165) is 23.3 Å². The number of halogens is 2. The number of aromatic nitrogens is 1. The Hall–Kier alpha value is -1.71. The van der Waals surface area contributed by atoms with E-state index in [4.69, 9.17) is 23.2 Å². The van der Waals surface area contributed by atoms with E-state index in [2.05, 4.69) is 23.7 Å². The number of anilines is 1. The second-order valence-electron chi connectivity index (χ2n) is 7.20. The molecule has 0 bridgehead atoms. The first-order valence-corrected chi connectivity index (χ1v) is 13.5. The van der Waals surface area contributed by atoms with Gasteiger partial charge in [-0.05, 0) is 55.6 Å². The molecule has 172 valence electrons. The van der Waals surface area contributed by atoms with E-state index in [1.54, 1.807) is 11.0 Å². The van der Waals surface area contributed by atoms with Crippen molar-refractivity contribution in [3.05, 3.63) is 52.5 Å². The van der Waals surface area contributed by atoms with Crippen molar-refractivity contribution in [2.24, 2.45) is 0 Å². The highest BCUT2D eigenvalue weighted by atomic mass is 35.5. The summed E-state index contributed by atoms with van der Waals surface area (Å²) in [5.41, 5.74) is 0.754. The number of thiazole rings is 1. The Morgan fingerprint density at radius 1 is 1.00 bits per heavy atom. The summed E-state index contributed by atoms with van der Waals surface area (Å²) in [5.74, 6) is -0.564. The summed E-state index contributed by atoms with van der Waals surface area (Å²) in [4.78, 5) is 21.7. The van der Waals surface area contributed by atoms with Gasteiger partial charge in [-0.3, -0.25) is 9.69 Å². The van der Waals surface area contributed by atoms with E-state index in [0.29, 0.717) is 28.3 Å². The average molecular weight is 514 g/mol. The van der Waals surface area contributed by atoms with E-state index in [1.165, 1.54) is 35.6 Å². The summed E-state index contributed by atoms with van der Waals surface area (Å²) in [6, 6.07) is 11.4. The van der Waals surface area contributed by atoms with Crippen LogP contribution in [0.25, 0.3) is 10.2 Å². The Labute approximate surface area is 202 Å². The fourth-order valence-electron chi connectivity index (χ4n) is 3.23. The van der Waals surface area contributed by atoms with Crippen molar-refractivity contribution in [1.82, 2.24) is 9.88 Å². The van der Waals surface area contributed by atoms with Crippen molar-refractivity contribution in [3.8, 4) is 0 Å². The van der Waals surface area contributed by atoms with E-state index < -0.39 is 9.84 Å². The molecule has 0 aliphatic carbocycles. The van der Waals surface area contributed by atoms with Crippen LogP contribution >= 0.6 is 34.5 Å². The number of benzene rings is 2. The molecule has 1 aromatic heterocycles. The number of carbonyl (C=O) groups is 1. The third-order valence-corrected chi connectivity index (χ3v) is 8.42. The highest BCUT2D eigenvalue weighted by Crippen LogP contribution is 2.31. The number of carbonyl (C=O) groups excluding carboxylic acids is 1. The Bertz CT molecular complexity index is 1180. The van der Waals surface area contributed by atoms with Gasteiger partial charge in [0, 0.05) is 29.6 Å². The molecule has 0 N–H and O–H groups in total. The molecule has 32 heavy (non-hydrogen) atoms. The van der Waals surface area contributed by atoms with E-state index in [1.807, 2.05) is 12.1 Å². The van der Waals surface area contributed by atoms with Crippen LogP contribution in [-0.4, -0.2) is 56.1 Å². The lowest BCUT2D eigenvalue weighted by Crippen LogP contribution is -2.39. The second-order valence-corrected chi connectivity index (χ2v) is 11.2. The molecule has 3 aromatic rings. The number of fused-ring (bicyclic) bond motifs is 1. The lowest BCUT2D eigenvalue weighted by molar-refractivity contribution is -0.118. The van der Waals surface area contributed by atoms with Crippen LogP contribution in [-0.2, 0) is 14.6 Å². The summed E-state index contributed by atoms with van der Waals surface area (Å²) < 4.78 is 26.3. The molecule has 6 nitrogen and oxygen atoms in total. The summed E-state index contributed by atoms with van der Waals surface area (Å²) >= 11 is 13.3. The van der Waals surface area contributed by atoms with Crippen molar-refractivity contribution in [2.45, 2.75) is 25.2 Å². The van der Waals surface area contributed by atoms with Gasteiger partial charge in [-0.2, -0.15) is 0 Å². The molecule has 2 aromatic carbocycles. The standard InChI is InChI=1S/C22H25Cl2N3O3S2/c1-3-26(4-2)12-13-27(22-25-19-10-7-17(24)15-20(19)31-22)21(28)11-14-32(29,30)18-8-5-16(23)6-9-18/h5-10,15H,3-4,11-14H2,1-2H3. The minimum Gasteiger partial charge on any atom is -0.302 e. The normalized spacial score (nSPS) is 11.9. The zero-order valence-electron chi connectivity index (χ0n) is 17.9. The fraction of sp³-hybridized carbons (Fsp3) is 0.364. The quantitative estimate of drug-likeness (QED) is 0.375. The van der Waals surface area contributed by atoms with Gasteiger partial charge in [-0.25, -0.2) is 13.4 Å². The third-order valence-electron chi connectivity index (χ3n) is 5.16. The number of hydrogen-bond acceptors (Lipinski definition) is 6. The fourth-order valence-corrected chi connectivity index (χ4v) is 5.87. The van der Waals surface area contributed by atoms with Gasteiger partial charge >= 0.3 is 0 Å². The van der Waals surface area contributed by atoms with Gasteiger partial charge in [0.05, 0.1) is 20.9 Å². The summed E-state index contributed by atoms with van der Waals surface area (Å²) in [6.45, 7) is 6.94. The molecule has 0 spiro atoms. The van der Waals surface area contributed by atoms with Crippen LogP contribution < -0.4 is 4.90 Å². The second kappa shape index (κ2) is 10.9. The lowest BCUT2D eigenvalue weighted by Gasteiger charge is -2.24. The van der Waals surface area contributed by atoms with Crippen molar-refractivity contribution < 1.29 is 13.2 Å². The molecule has 10 heteroatoms. The van der Waals surface area contributed by atoms with Crippen LogP contribution in [0.5, 0.6) is 0 Å². The number of nitrogens with zero attached hydrogens (tertiary/aromatic N) is 3. The molecule has 0 aliphatic rings. The zero-order valence-corrected chi connectivity index (χ0v) is 21.1. The van der Waals surface area contributed by atoms with Gasteiger partial charge in [-0.15, -0.1) is 0 Å². The molecule has 1 heterocycles. The summed E-state index contributed by atoms with van der Waals surface area (Å²) in [6.07, 6.45) is -0.139. The Morgan fingerprint density at radius 2 is 1.66 bits per heavy atom. The topological polar surface area (TPSA) is 70.6 Å². The predicted molar refractivity (Wildman–Crippen MR) is 133 cm³/mol. The average Bonchev–Trinajstić information content (AvgIpc) is 3.18. The molecule has 0 fully saturated rings. The number of likely N-dealkylation sites (N-methyl/N-ethyl adjacent to an activating group) is 1. The summed E-state index contributed by atoms with van der Waals surface area (Å²) in [7, 11) is -3.61. The Morgan fingerprint density at radius 3 is 2.31 bits per heavy atom. The first-order valence-electron chi connectivity index (χ1n) is 10.3. The van der Waals surface area contributed by atoms with Gasteiger partial charge in [0.2, 0.25) is 5.91 Å². The third kappa shape index (κ3) is 6.20. The van der Waals surface area contributed by atoms with E-state index in [9.17, 15) is 13.2 Å². The Kier molecular flexibility index (Phi) is 8.52. The molecular formula is C22H25Cl2N3O3S2. The van der Waals surface area contributed by atoms with Crippen LogP contribution in [0, 0.1) is 0 Å². The van der Waals surface area contributed by atoms with Gasteiger partial charge in [0.25, 0.3) is 0 Å². The predicted octanol–water partition coefficient (Wildman–Crippen LogP) is 5.14. The maximum absolute atomic E-state index is 13.2. The summed E-state index contributed by atoms with van der Waals surface area (Å²) in [5, 5.41) is 1.60. The molecule has 0 aliphatic heterocycles. The maximum atomic E-state index is 13.2. The molecule has 0 unspecified atom stereocenters. The van der Waals surface area contributed by atoms with E-state index >= 15 is 0 Å². The number of rotatable bonds is 10. The van der Waals surface area contributed by atoms with Crippen LogP contribution in [0.3, 0.4) is 0 Å². The highest BCUT2D eigenvalue weighted by Gasteiger charge is 2.23. The molecule has 0 atom stereocenters. The van der Waals surface area contributed by atoms with Crippen LogP contribution in [0.4, 0.5) is 5.13 Å². The molecule has 0 saturated carbocycles. The number of amides is 1. The largest absolute Gasteiger partial charge is 0.302 e. The molecule has 0 saturated heterocycles. The van der Waals surface area contributed by atoms with E-state index in [-0.39, 0.29) is 23.0 Å². The first-order chi connectivity index (χ1) is 15.2. The van der Waals surface area contributed by atoms with Crippen LogP contribution in [0.1, 0.15) is 20.3 Å². The van der Waals surface area contributed by atoms with Crippen molar-refractivity contribution in [1.29, 1.82) is 0 Å². The van der Waals surface area contributed by atoms with Gasteiger partial charge in [-0.1, -0.05) is 48.4 Å². The van der Waals surface area contributed by atoms with Crippen LogP contribution in [0.15, 0.2) is 47.4 Å². The smallest absolute Gasteiger partial charge is 0.229 e. The maximum Gasteiger partial charge on any atom is 0.229 e. The van der Waals surface area contributed by atoms with Crippen molar-refractivity contribution in [3.63, 3.8) is 0 Å². The molecule has 3 rings (SSSR count). The minimum atomic E-state index is -3.61. The van der Waals surface area contributed by atoms with Gasteiger partial charge in [0.1, 0.15) is 0 Å².